The minimum absolute atomic E-state index is 0.106. The van der Waals surface area contributed by atoms with Crippen molar-refractivity contribution in [2.24, 2.45) is 0 Å². The average molecular weight is 221 g/mol. The van der Waals surface area contributed by atoms with E-state index in [0.717, 1.165) is 0 Å². The van der Waals surface area contributed by atoms with Gasteiger partial charge < -0.3 is 15.2 Å². The molecule has 0 bridgehead atoms. The molecule has 1 fully saturated rings. The van der Waals surface area contributed by atoms with Crippen LogP contribution in [0.3, 0.4) is 0 Å². The predicted molar refractivity (Wildman–Crippen MR) is 55.5 cm³/mol. The summed E-state index contributed by atoms with van der Waals surface area (Å²) >= 11 is 0. The Morgan fingerprint density at radius 1 is 1.44 bits per heavy atom. The van der Waals surface area contributed by atoms with Crippen LogP contribution in [0, 0.1) is 0 Å². The van der Waals surface area contributed by atoms with Crippen LogP contribution in [0.25, 0.3) is 0 Å². The second-order valence-corrected chi connectivity index (χ2v) is 3.57. The molecular formula is C11H11NO4. The molecule has 1 aliphatic heterocycles. The zero-order valence-electron chi connectivity index (χ0n) is 8.47. The SMILES string of the molecule is O=C1NCC(c2ccccc2C(=O)O)CO1. The van der Waals surface area contributed by atoms with Crippen LogP contribution in [0.4, 0.5) is 4.79 Å². The summed E-state index contributed by atoms with van der Waals surface area (Å²) in [7, 11) is 0. The number of benzene rings is 1. The fourth-order valence-electron chi connectivity index (χ4n) is 1.74. The molecule has 1 atom stereocenters. The highest BCUT2D eigenvalue weighted by Crippen LogP contribution is 2.22. The minimum atomic E-state index is -0.965. The molecule has 1 unspecified atom stereocenters. The summed E-state index contributed by atoms with van der Waals surface area (Å²) in [6.07, 6.45) is -0.455. The third-order valence-electron chi connectivity index (χ3n) is 2.54. The molecule has 2 N–H and O–H groups in total. The summed E-state index contributed by atoms with van der Waals surface area (Å²) in [5.74, 6) is -1.07. The number of amides is 1. The summed E-state index contributed by atoms with van der Waals surface area (Å²) in [5.41, 5.74) is 0.947. The average Bonchev–Trinajstić information content (AvgIpc) is 2.30. The van der Waals surface area contributed by atoms with Crippen molar-refractivity contribution in [1.82, 2.24) is 5.32 Å². The maximum absolute atomic E-state index is 11.0. The number of aromatic carboxylic acids is 1. The van der Waals surface area contributed by atoms with Gasteiger partial charge in [0.1, 0.15) is 6.61 Å². The fraction of sp³-hybridized carbons (Fsp3) is 0.273. The van der Waals surface area contributed by atoms with E-state index in [2.05, 4.69) is 5.32 Å². The van der Waals surface area contributed by atoms with E-state index in [1.807, 2.05) is 0 Å². The van der Waals surface area contributed by atoms with E-state index in [0.29, 0.717) is 12.1 Å². The van der Waals surface area contributed by atoms with Crippen molar-refractivity contribution in [3.8, 4) is 0 Å². The van der Waals surface area contributed by atoms with Crippen LogP contribution in [0.1, 0.15) is 21.8 Å². The second-order valence-electron chi connectivity index (χ2n) is 3.57. The molecule has 1 aromatic carbocycles. The van der Waals surface area contributed by atoms with Gasteiger partial charge in [-0.1, -0.05) is 18.2 Å². The Hall–Kier alpha value is -2.04. The Balaban J connectivity index is 2.26. The van der Waals surface area contributed by atoms with E-state index >= 15 is 0 Å². The predicted octanol–water partition coefficient (Wildman–Crippen LogP) is 1.21. The van der Waals surface area contributed by atoms with Crippen LogP contribution >= 0.6 is 0 Å². The second kappa shape index (κ2) is 4.22. The molecule has 1 aliphatic rings. The molecule has 16 heavy (non-hydrogen) atoms. The van der Waals surface area contributed by atoms with Gasteiger partial charge in [-0.3, -0.25) is 0 Å². The number of ether oxygens (including phenoxy) is 1. The van der Waals surface area contributed by atoms with Crippen LogP contribution in [-0.2, 0) is 4.74 Å². The van der Waals surface area contributed by atoms with Crippen molar-refractivity contribution in [3.63, 3.8) is 0 Å². The molecule has 0 saturated carbocycles. The Morgan fingerprint density at radius 2 is 2.19 bits per heavy atom. The number of carboxylic acids is 1. The topological polar surface area (TPSA) is 75.6 Å². The van der Waals surface area contributed by atoms with Gasteiger partial charge in [0.15, 0.2) is 0 Å². The lowest BCUT2D eigenvalue weighted by atomic mass is 9.94. The molecular weight excluding hydrogens is 210 g/mol. The van der Waals surface area contributed by atoms with Gasteiger partial charge in [0.2, 0.25) is 0 Å². The lowest BCUT2D eigenvalue weighted by Crippen LogP contribution is -2.38. The van der Waals surface area contributed by atoms with Crippen molar-refractivity contribution in [3.05, 3.63) is 35.4 Å². The number of alkyl carbamates (subject to hydrolysis) is 1. The van der Waals surface area contributed by atoms with Crippen molar-refractivity contribution < 1.29 is 19.4 Å². The van der Waals surface area contributed by atoms with Crippen LogP contribution in [0.2, 0.25) is 0 Å². The zero-order valence-corrected chi connectivity index (χ0v) is 8.47. The number of carbonyl (C=O) groups is 2. The van der Waals surface area contributed by atoms with Gasteiger partial charge in [-0.25, -0.2) is 9.59 Å². The maximum Gasteiger partial charge on any atom is 0.407 e. The normalized spacial score (nSPS) is 19.8. The van der Waals surface area contributed by atoms with Gasteiger partial charge in [0.05, 0.1) is 5.56 Å². The summed E-state index contributed by atoms with van der Waals surface area (Å²) in [6, 6.07) is 6.75. The first-order valence-corrected chi connectivity index (χ1v) is 4.91. The van der Waals surface area contributed by atoms with E-state index < -0.39 is 12.1 Å². The number of rotatable bonds is 2. The van der Waals surface area contributed by atoms with Gasteiger partial charge in [-0.15, -0.1) is 0 Å². The molecule has 1 aromatic rings. The molecule has 0 spiro atoms. The molecule has 2 rings (SSSR count). The van der Waals surface area contributed by atoms with E-state index in [4.69, 9.17) is 9.84 Å². The summed E-state index contributed by atoms with van der Waals surface area (Å²) < 4.78 is 4.84. The monoisotopic (exact) mass is 221 g/mol. The van der Waals surface area contributed by atoms with Crippen molar-refractivity contribution in [1.29, 1.82) is 0 Å². The van der Waals surface area contributed by atoms with E-state index in [1.54, 1.807) is 24.3 Å². The van der Waals surface area contributed by atoms with Crippen LogP contribution in [0.5, 0.6) is 0 Å². The largest absolute Gasteiger partial charge is 0.478 e. The Labute approximate surface area is 92.0 Å². The molecule has 1 saturated heterocycles. The van der Waals surface area contributed by atoms with Gasteiger partial charge in [0, 0.05) is 12.5 Å². The van der Waals surface area contributed by atoms with Gasteiger partial charge >= 0.3 is 12.1 Å². The Kier molecular flexibility index (Phi) is 2.76. The number of carboxylic acid groups (broad SMARTS) is 1. The first-order chi connectivity index (χ1) is 7.68. The van der Waals surface area contributed by atoms with Gasteiger partial charge in [-0.2, -0.15) is 0 Å². The third kappa shape index (κ3) is 1.98. The molecule has 84 valence electrons. The highest BCUT2D eigenvalue weighted by atomic mass is 16.6. The minimum Gasteiger partial charge on any atom is -0.478 e. The number of carbonyl (C=O) groups excluding carboxylic acids is 1. The number of hydrogen-bond acceptors (Lipinski definition) is 3. The Morgan fingerprint density at radius 3 is 2.81 bits per heavy atom. The van der Waals surface area contributed by atoms with E-state index in [1.165, 1.54) is 0 Å². The highest BCUT2D eigenvalue weighted by molar-refractivity contribution is 5.89. The lowest BCUT2D eigenvalue weighted by molar-refractivity contribution is 0.0694. The molecule has 0 aliphatic carbocycles. The fourth-order valence-corrected chi connectivity index (χ4v) is 1.74. The zero-order chi connectivity index (χ0) is 11.5. The number of hydrogen-bond donors (Lipinski definition) is 2. The lowest BCUT2D eigenvalue weighted by Gasteiger charge is -2.24. The summed E-state index contributed by atoms with van der Waals surface area (Å²) in [5, 5.41) is 11.6. The van der Waals surface area contributed by atoms with Crippen LogP contribution in [0.15, 0.2) is 24.3 Å². The molecule has 0 radical (unpaired) electrons. The standard InChI is InChI=1S/C11H11NO4/c13-10(14)9-4-2-1-3-8(9)7-5-12-11(15)16-6-7/h1-4,7H,5-6H2,(H,12,15)(H,13,14). The molecule has 0 aromatic heterocycles. The molecule has 1 amide bonds. The summed E-state index contributed by atoms with van der Waals surface area (Å²) in [4.78, 5) is 21.8. The third-order valence-corrected chi connectivity index (χ3v) is 2.54. The highest BCUT2D eigenvalue weighted by Gasteiger charge is 2.24. The van der Waals surface area contributed by atoms with E-state index in [-0.39, 0.29) is 18.1 Å². The van der Waals surface area contributed by atoms with Crippen molar-refractivity contribution in [2.45, 2.75) is 5.92 Å². The first kappa shape index (κ1) is 10.5. The molecule has 5 nitrogen and oxygen atoms in total. The van der Waals surface area contributed by atoms with Gasteiger partial charge in [0.25, 0.3) is 0 Å². The summed E-state index contributed by atoms with van der Waals surface area (Å²) in [6.45, 7) is 0.624. The maximum atomic E-state index is 11.0. The smallest absolute Gasteiger partial charge is 0.407 e. The van der Waals surface area contributed by atoms with Gasteiger partial charge in [-0.05, 0) is 11.6 Å². The molecule has 5 heteroatoms. The Bertz CT molecular complexity index is 420. The first-order valence-electron chi connectivity index (χ1n) is 4.91. The number of nitrogens with one attached hydrogen (secondary N) is 1. The van der Waals surface area contributed by atoms with Crippen molar-refractivity contribution >= 4 is 12.1 Å². The van der Waals surface area contributed by atoms with Crippen LogP contribution < -0.4 is 5.32 Å². The van der Waals surface area contributed by atoms with E-state index in [9.17, 15) is 9.59 Å². The van der Waals surface area contributed by atoms with Crippen molar-refractivity contribution in [2.75, 3.05) is 13.2 Å². The molecule has 1 heterocycles. The quantitative estimate of drug-likeness (QED) is 0.787. The number of cyclic esters (lactones) is 1. The van der Waals surface area contributed by atoms with Crippen LogP contribution in [-0.4, -0.2) is 30.3 Å².